The second kappa shape index (κ2) is 7.17. The van der Waals surface area contributed by atoms with Crippen LogP contribution in [0.4, 0.5) is 0 Å². The molecule has 0 fully saturated rings. The first-order valence-corrected chi connectivity index (χ1v) is 6.83. The number of hydrogen-bond donors (Lipinski definition) is 1. The van der Waals surface area contributed by atoms with Crippen molar-refractivity contribution in [3.63, 3.8) is 0 Å². The first kappa shape index (κ1) is 14.7. The highest BCUT2D eigenvalue weighted by Gasteiger charge is 2.06. The number of nitrogens with one attached hydrogen (secondary N) is 1. The van der Waals surface area contributed by atoms with E-state index in [1.807, 2.05) is 4.68 Å². The van der Waals surface area contributed by atoms with Gasteiger partial charge in [0.05, 0.1) is 19.7 Å². The van der Waals surface area contributed by atoms with E-state index in [1.54, 1.807) is 13.4 Å². The summed E-state index contributed by atoms with van der Waals surface area (Å²) in [5.41, 5.74) is 3.84. The zero-order chi connectivity index (χ0) is 14.4. The van der Waals surface area contributed by atoms with Gasteiger partial charge in [0.1, 0.15) is 12.2 Å². The summed E-state index contributed by atoms with van der Waals surface area (Å²) in [4.78, 5) is 4.31. The van der Waals surface area contributed by atoms with Crippen LogP contribution in [0.25, 0.3) is 0 Å². The Hall–Kier alpha value is -1.72. The summed E-state index contributed by atoms with van der Waals surface area (Å²) in [5, 5.41) is 7.61. The van der Waals surface area contributed by atoms with E-state index in [0.29, 0.717) is 13.2 Å². The van der Waals surface area contributed by atoms with Crippen LogP contribution in [0.3, 0.4) is 0 Å². The third kappa shape index (κ3) is 3.88. The predicted octanol–water partition coefficient (Wildman–Crippen LogP) is 1.68. The lowest BCUT2D eigenvalue weighted by Crippen LogP contribution is -2.21. The molecule has 108 valence electrons. The monoisotopic (exact) mass is 274 g/mol. The molecule has 0 aliphatic heterocycles. The Bertz CT molecular complexity index is 551. The number of hydrogen-bond acceptors (Lipinski definition) is 4. The van der Waals surface area contributed by atoms with Gasteiger partial charge in [0.2, 0.25) is 0 Å². The molecule has 20 heavy (non-hydrogen) atoms. The largest absolute Gasteiger partial charge is 0.383 e. The fourth-order valence-electron chi connectivity index (χ4n) is 2.06. The molecule has 0 saturated heterocycles. The molecule has 0 atom stereocenters. The molecule has 0 unspecified atom stereocenters. The minimum Gasteiger partial charge on any atom is -0.383 e. The maximum absolute atomic E-state index is 5.01. The van der Waals surface area contributed by atoms with Crippen LogP contribution in [0.5, 0.6) is 0 Å². The lowest BCUT2D eigenvalue weighted by atomic mass is 10.1. The molecule has 2 aromatic rings. The Kier molecular flexibility index (Phi) is 5.26. The first-order valence-electron chi connectivity index (χ1n) is 6.83. The molecular formula is C15H22N4O. The summed E-state index contributed by atoms with van der Waals surface area (Å²) in [5.74, 6) is 0.946. The molecule has 0 aliphatic carbocycles. The summed E-state index contributed by atoms with van der Waals surface area (Å²) >= 11 is 0. The SMILES string of the molecule is COCCNCc1ncnn1Cc1cc(C)ccc1C. The van der Waals surface area contributed by atoms with Crippen molar-refractivity contribution in [2.75, 3.05) is 20.3 Å². The fourth-order valence-corrected chi connectivity index (χ4v) is 2.06. The van der Waals surface area contributed by atoms with Crippen LogP contribution in [-0.2, 0) is 17.8 Å². The Labute approximate surface area is 120 Å². The highest BCUT2D eigenvalue weighted by atomic mass is 16.5. The third-order valence-electron chi connectivity index (χ3n) is 3.29. The standard InChI is InChI=1S/C15H22N4O/c1-12-4-5-13(2)14(8-12)10-19-15(17-11-18-19)9-16-6-7-20-3/h4-5,8,11,16H,6-7,9-10H2,1-3H3. The van der Waals surface area contributed by atoms with Crippen LogP contribution < -0.4 is 5.32 Å². The van der Waals surface area contributed by atoms with Crippen molar-refractivity contribution < 1.29 is 4.74 Å². The normalized spacial score (nSPS) is 10.9. The molecule has 2 rings (SSSR count). The summed E-state index contributed by atoms with van der Waals surface area (Å²) < 4.78 is 6.96. The smallest absolute Gasteiger partial charge is 0.141 e. The lowest BCUT2D eigenvalue weighted by Gasteiger charge is -2.10. The second-order valence-corrected chi connectivity index (χ2v) is 4.93. The van der Waals surface area contributed by atoms with Crippen molar-refractivity contribution in [3.05, 3.63) is 47.0 Å². The molecule has 0 saturated carbocycles. The van der Waals surface area contributed by atoms with Crippen molar-refractivity contribution in [2.24, 2.45) is 0 Å². The van der Waals surface area contributed by atoms with E-state index in [1.165, 1.54) is 16.7 Å². The Morgan fingerprint density at radius 3 is 2.95 bits per heavy atom. The van der Waals surface area contributed by atoms with Crippen molar-refractivity contribution >= 4 is 0 Å². The van der Waals surface area contributed by atoms with Gasteiger partial charge >= 0.3 is 0 Å². The van der Waals surface area contributed by atoms with Gasteiger partial charge in [-0.15, -0.1) is 0 Å². The number of rotatable bonds is 7. The van der Waals surface area contributed by atoms with Crippen LogP contribution in [0.2, 0.25) is 0 Å². The van der Waals surface area contributed by atoms with E-state index in [0.717, 1.165) is 18.9 Å². The minimum absolute atomic E-state index is 0.700. The maximum Gasteiger partial charge on any atom is 0.141 e. The quantitative estimate of drug-likeness (QED) is 0.781. The second-order valence-electron chi connectivity index (χ2n) is 4.93. The van der Waals surface area contributed by atoms with Crippen LogP contribution in [0.1, 0.15) is 22.5 Å². The summed E-state index contributed by atoms with van der Waals surface area (Å²) in [6, 6.07) is 6.49. The number of aromatic nitrogens is 3. The summed E-state index contributed by atoms with van der Waals surface area (Å²) in [6.45, 7) is 7.21. The van der Waals surface area contributed by atoms with Gasteiger partial charge in [-0.25, -0.2) is 9.67 Å². The molecule has 0 bridgehead atoms. The molecule has 0 amide bonds. The summed E-state index contributed by atoms with van der Waals surface area (Å²) in [7, 11) is 1.70. The van der Waals surface area contributed by atoms with E-state index < -0.39 is 0 Å². The lowest BCUT2D eigenvalue weighted by molar-refractivity contribution is 0.198. The van der Waals surface area contributed by atoms with Gasteiger partial charge in [-0.2, -0.15) is 5.10 Å². The van der Waals surface area contributed by atoms with Gasteiger partial charge in [-0.1, -0.05) is 23.8 Å². The molecule has 1 heterocycles. The van der Waals surface area contributed by atoms with Gasteiger partial charge < -0.3 is 10.1 Å². The number of aryl methyl sites for hydroxylation is 2. The van der Waals surface area contributed by atoms with Crippen molar-refractivity contribution in [1.29, 1.82) is 0 Å². The van der Waals surface area contributed by atoms with E-state index in [-0.39, 0.29) is 0 Å². The van der Waals surface area contributed by atoms with Crippen molar-refractivity contribution in [1.82, 2.24) is 20.1 Å². The highest BCUT2D eigenvalue weighted by Crippen LogP contribution is 2.12. The van der Waals surface area contributed by atoms with Gasteiger partial charge in [-0.3, -0.25) is 0 Å². The fraction of sp³-hybridized carbons (Fsp3) is 0.467. The Morgan fingerprint density at radius 2 is 2.15 bits per heavy atom. The molecule has 1 N–H and O–H groups in total. The van der Waals surface area contributed by atoms with Gasteiger partial charge in [0.25, 0.3) is 0 Å². The molecule has 0 spiro atoms. The zero-order valence-corrected chi connectivity index (χ0v) is 12.4. The van der Waals surface area contributed by atoms with Crippen LogP contribution in [0, 0.1) is 13.8 Å². The number of methoxy groups -OCH3 is 1. The predicted molar refractivity (Wildman–Crippen MR) is 78.6 cm³/mol. The average Bonchev–Trinajstić information content (AvgIpc) is 2.86. The van der Waals surface area contributed by atoms with E-state index in [2.05, 4.69) is 47.4 Å². The topological polar surface area (TPSA) is 52.0 Å². The molecular weight excluding hydrogens is 252 g/mol. The van der Waals surface area contributed by atoms with Gasteiger partial charge in [-0.05, 0) is 25.0 Å². The molecule has 0 aliphatic rings. The zero-order valence-electron chi connectivity index (χ0n) is 12.4. The Balaban J connectivity index is 2.02. The Morgan fingerprint density at radius 1 is 1.30 bits per heavy atom. The third-order valence-corrected chi connectivity index (χ3v) is 3.29. The van der Waals surface area contributed by atoms with E-state index in [4.69, 9.17) is 4.74 Å². The maximum atomic E-state index is 5.01. The molecule has 5 nitrogen and oxygen atoms in total. The minimum atomic E-state index is 0.700. The molecule has 1 aromatic heterocycles. The van der Waals surface area contributed by atoms with E-state index in [9.17, 15) is 0 Å². The molecule has 0 radical (unpaired) electrons. The van der Waals surface area contributed by atoms with Gasteiger partial charge in [0, 0.05) is 13.7 Å². The highest BCUT2D eigenvalue weighted by molar-refractivity contribution is 5.30. The van der Waals surface area contributed by atoms with Gasteiger partial charge in [0.15, 0.2) is 0 Å². The van der Waals surface area contributed by atoms with Crippen LogP contribution in [-0.4, -0.2) is 35.0 Å². The average molecular weight is 274 g/mol. The summed E-state index contributed by atoms with van der Waals surface area (Å²) in [6.07, 6.45) is 1.61. The van der Waals surface area contributed by atoms with Crippen LogP contribution in [0.15, 0.2) is 24.5 Å². The van der Waals surface area contributed by atoms with Crippen molar-refractivity contribution in [2.45, 2.75) is 26.9 Å². The van der Waals surface area contributed by atoms with Crippen LogP contribution >= 0.6 is 0 Å². The number of ether oxygens (including phenoxy) is 1. The number of benzene rings is 1. The number of nitrogens with zero attached hydrogens (tertiary/aromatic N) is 3. The van der Waals surface area contributed by atoms with E-state index >= 15 is 0 Å². The molecule has 5 heteroatoms. The first-order chi connectivity index (χ1) is 9.70. The van der Waals surface area contributed by atoms with Crippen molar-refractivity contribution in [3.8, 4) is 0 Å². The molecule has 1 aromatic carbocycles.